The Hall–Kier alpha value is -2.80. The molecule has 1 aliphatic heterocycles. The minimum absolute atomic E-state index is 0.0839. The van der Waals surface area contributed by atoms with Gasteiger partial charge in [-0.15, -0.1) is 0 Å². The molecule has 0 aromatic heterocycles. The second kappa shape index (κ2) is 14.4. The molecule has 204 valence electrons. The van der Waals surface area contributed by atoms with Gasteiger partial charge < -0.3 is 14.2 Å². The van der Waals surface area contributed by atoms with Gasteiger partial charge in [0.05, 0.1) is 26.4 Å². The van der Waals surface area contributed by atoms with Gasteiger partial charge >= 0.3 is 0 Å². The van der Waals surface area contributed by atoms with Crippen LogP contribution in [0, 0.1) is 11.6 Å². The van der Waals surface area contributed by atoms with E-state index in [0.29, 0.717) is 33.0 Å². The van der Waals surface area contributed by atoms with Crippen LogP contribution in [0.4, 0.5) is 8.78 Å². The summed E-state index contributed by atoms with van der Waals surface area (Å²) in [6.07, 6.45) is 4.85. The summed E-state index contributed by atoms with van der Waals surface area (Å²) >= 11 is 0. The van der Waals surface area contributed by atoms with Gasteiger partial charge in [0, 0.05) is 30.8 Å². The molecule has 1 atom stereocenters. The van der Waals surface area contributed by atoms with E-state index in [1.807, 2.05) is 67.6 Å². The van der Waals surface area contributed by atoms with Crippen LogP contribution in [0.3, 0.4) is 0 Å². The summed E-state index contributed by atoms with van der Waals surface area (Å²) in [6, 6.07) is 22.7. The van der Waals surface area contributed by atoms with Gasteiger partial charge in [-0.3, -0.25) is 4.90 Å². The van der Waals surface area contributed by atoms with Crippen LogP contribution in [0.1, 0.15) is 55.7 Å². The Balaban J connectivity index is 1.47. The fourth-order valence-electron chi connectivity index (χ4n) is 4.93. The zero-order valence-corrected chi connectivity index (χ0v) is 22.3. The number of hydrogen-bond acceptors (Lipinski definition) is 4. The number of benzene rings is 3. The summed E-state index contributed by atoms with van der Waals surface area (Å²) in [6.45, 7) is 5.05. The molecule has 1 aliphatic rings. The van der Waals surface area contributed by atoms with Gasteiger partial charge in [-0.2, -0.15) is 0 Å². The minimum atomic E-state index is -0.668. The SMILES string of the molecule is CCCCOc1cc(F)c(CCN2CCCCC2(COCc2ccccc2)OCc2ccccc2)c(F)c1. The summed E-state index contributed by atoms with van der Waals surface area (Å²) in [5, 5.41) is 0. The predicted molar refractivity (Wildman–Crippen MR) is 146 cm³/mol. The summed E-state index contributed by atoms with van der Waals surface area (Å²) in [7, 11) is 0. The average molecular weight is 524 g/mol. The highest BCUT2D eigenvalue weighted by Crippen LogP contribution is 2.32. The van der Waals surface area contributed by atoms with Crippen LogP contribution in [0.5, 0.6) is 5.75 Å². The third kappa shape index (κ3) is 7.85. The minimum Gasteiger partial charge on any atom is -0.493 e. The van der Waals surface area contributed by atoms with E-state index in [1.165, 1.54) is 12.1 Å². The highest BCUT2D eigenvalue weighted by atomic mass is 19.1. The van der Waals surface area contributed by atoms with E-state index in [-0.39, 0.29) is 17.7 Å². The zero-order chi connectivity index (χ0) is 26.6. The van der Waals surface area contributed by atoms with Crippen molar-refractivity contribution in [3.63, 3.8) is 0 Å². The molecule has 3 aromatic carbocycles. The lowest BCUT2D eigenvalue weighted by Gasteiger charge is -2.46. The number of ether oxygens (including phenoxy) is 3. The first-order valence-electron chi connectivity index (χ1n) is 13.7. The van der Waals surface area contributed by atoms with E-state index in [0.717, 1.165) is 49.8 Å². The Labute approximate surface area is 225 Å². The normalized spacial score (nSPS) is 18.0. The molecule has 4 nitrogen and oxygen atoms in total. The van der Waals surface area contributed by atoms with Crippen molar-refractivity contribution in [2.24, 2.45) is 0 Å². The number of piperidine rings is 1. The molecule has 0 saturated carbocycles. The molecule has 3 aromatic rings. The Morgan fingerprint density at radius 3 is 2.18 bits per heavy atom. The number of unbranched alkanes of at least 4 members (excludes halogenated alkanes) is 1. The number of hydrogen-bond donors (Lipinski definition) is 0. The quantitative estimate of drug-likeness (QED) is 0.208. The Morgan fingerprint density at radius 2 is 1.53 bits per heavy atom. The molecule has 4 rings (SSSR count). The highest BCUT2D eigenvalue weighted by molar-refractivity contribution is 5.31. The van der Waals surface area contributed by atoms with Gasteiger partial charge in [0.1, 0.15) is 23.1 Å². The van der Waals surface area contributed by atoms with Crippen LogP contribution in [0.2, 0.25) is 0 Å². The van der Waals surface area contributed by atoms with Gasteiger partial charge in [0.2, 0.25) is 0 Å². The number of rotatable bonds is 14. The largest absolute Gasteiger partial charge is 0.493 e. The monoisotopic (exact) mass is 523 g/mol. The maximum Gasteiger partial charge on any atom is 0.145 e. The average Bonchev–Trinajstić information content (AvgIpc) is 2.94. The summed E-state index contributed by atoms with van der Waals surface area (Å²) < 4.78 is 48.2. The molecule has 1 fully saturated rings. The molecule has 1 saturated heterocycles. The van der Waals surface area contributed by atoms with Gasteiger partial charge in [-0.1, -0.05) is 74.0 Å². The van der Waals surface area contributed by atoms with Crippen LogP contribution < -0.4 is 4.74 Å². The first-order valence-corrected chi connectivity index (χ1v) is 13.7. The van der Waals surface area contributed by atoms with Crippen molar-refractivity contribution in [3.8, 4) is 5.75 Å². The Morgan fingerprint density at radius 1 is 0.868 bits per heavy atom. The van der Waals surface area contributed by atoms with Gasteiger partial charge in [0.15, 0.2) is 0 Å². The maximum atomic E-state index is 14.9. The lowest BCUT2D eigenvalue weighted by molar-refractivity contribution is -0.214. The fourth-order valence-corrected chi connectivity index (χ4v) is 4.93. The Kier molecular flexibility index (Phi) is 10.7. The third-order valence-electron chi connectivity index (χ3n) is 7.12. The molecule has 1 unspecified atom stereocenters. The van der Waals surface area contributed by atoms with Crippen molar-refractivity contribution in [2.75, 3.05) is 26.3 Å². The first kappa shape index (κ1) is 28.2. The standard InChI is InChI=1S/C32H39F2NO3/c1-2-3-20-37-28-21-30(33)29(31(34)22-28)16-19-35-18-11-10-17-32(35,38-24-27-14-8-5-9-15-27)25-36-23-26-12-6-4-7-13-26/h4-9,12-15,21-22H,2-3,10-11,16-20,23-25H2,1H3. The van der Waals surface area contributed by atoms with Crippen molar-refractivity contribution in [1.82, 2.24) is 4.90 Å². The van der Waals surface area contributed by atoms with E-state index in [4.69, 9.17) is 14.2 Å². The van der Waals surface area contributed by atoms with Gasteiger partial charge in [-0.25, -0.2) is 8.78 Å². The second-order valence-corrected chi connectivity index (χ2v) is 9.96. The number of nitrogens with zero attached hydrogens (tertiary/aromatic N) is 1. The summed E-state index contributed by atoms with van der Waals surface area (Å²) in [5.74, 6) is -0.890. The highest BCUT2D eigenvalue weighted by Gasteiger charge is 2.40. The van der Waals surface area contributed by atoms with E-state index in [9.17, 15) is 8.78 Å². The number of halogens is 2. The zero-order valence-electron chi connectivity index (χ0n) is 22.3. The smallest absolute Gasteiger partial charge is 0.145 e. The van der Waals surface area contributed by atoms with E-state index >= 15 is 0 Å². The first-order chi connectivity index (χ1) is 18.6. The molecular formula is C32H39F2NO3. The molecule has 0 aliphatic carbocycles. The summed E-state index contributed by atoms with van der Waals surface area (Å²) in [4.78, 5) is 2.22. The molecule has 0 amide bonds. The molecule has 38 heavy (non-hydrogen) atoms. The van der Waals surface area contributed by atoms with Crippen LogP contribution in [-0.4, -0.2) is 36.9 Å². The molecule has 0 bridgehead atoms. The number of likely N-dealkylation sites (tertiary alicyclic amines) is 1. The molecule has 0 spiro atoms. The molecule has 0 N–H and O–H groups in total. The lowest BCUT2D eigenvalue weighted by atomic mass is 9.97. The van der Waals surface area contributed by atoms with Crippen LogP contribution in [0.25, 0.3) is 0 Å². The van der Waals surface area contributed by atoms with Gasteiger partial charge in [0.25, 0.3) is 0 Å². The fraction of sp³-hybridized carbons (Fsp3) is 0.438. The van der Waals surface area contributed by atoms with E-state index in [2.05, 4.69) is 4.90 Å². The van der Waals surface area contributed by atoms with Crippen LogP contribution >= 0.6 is 0 Å². The van der Waals surface area contributed by atoms with Gasteiger partial charge in [-0.05, 0) is 43.2 Å². The van der Waals surface area contributed by atoms with Crippen molar-refractivity contribution < 1.29 is 23.0 Å². The van der Waals surface area contributed by atoms with Crippen molar-refractivity contribution in [1.29, 1.82) is 0 Å². The van der Waals surface area contributed by atoms with Crippen LogP contribution in [0.15, 0.2) is 72.8 Å². The molecule has 1 heterocycles. The predicted octanol–water partition coefficient (Wildman–Crippen LogP) is 7.30. The van der Waals surface area contributed by atoms with Crippen molar-refractivity contribution in [2.45, 2.75) is 64.4 Å². The van der Waals surface area contributed by atoms with Crippen molar-refractivity contribution >= 4 is 0 Å². The summed E-state index contributed by atoms with van der Waals surface area (Å²) in [5.41, 5.74) is 1.59. The maximum absolute atomic E-state index is 14.9. The molecule has 6 heteroatoms. The van der Waals surface area contributed by atoms with E-state index in [1.54, 1.807) is 0 Å². The lowest BCUT2D eigenvalue weighted by Crippen LogP contribution is -2.57. The van der Waals surface area contributed by atoms with Crippen LogP contribution in [-0.2, 0) is 29.1 Å². The molecule has 0 radical (unpaired) electrons. The second-order valence-electron chi connectivity index (χ2n) is 9.96. The van der Waals surface area contributed by atoms with Crippen molar-refractivity contribution in [3.05, 3.63) is 101 Å². The van der Waals surface area contributed by atoms with E-state index < -0.39 is 17.4 Å². The molecular weight excluding hydrogens is 484 g/mol. The topological polar surface area (TPSA) is 30.9 Å². The third-order valence-corrected chi connectivity index (χ3v) is 7.12. The Bertz CT molecular complexity index is 1090.